The second kappa shape index (κ2) is 12.7. The number of carbonyl (C=O) groups excluding carboxylic acids is 1. The van der Waals surface area contributed by atoms with Crippen LogP contribution in [0.5, 0.6) is 0 Å². The van der Waals surface area contributed by atoms with Crippen molar-refractivity contribution in [3.8, 4) is 11.1 Å². The fourth-order valence-electron chi connectivity index (χ4n) is 4.15. The first-order valence-corrected chi connectivity index (χ1v) is 12.7. The van der Waals surface area contributed by atoms with Gasteiger partial charge in [0.05, 0.1) is 11.6 Å². The normalized spacial score (nSPS) is 11.7. The first kappa shape index (κ1) is 29.4. The molecule has 0 aliphatic rings. The molecule has 212 valence electrons. The molecular weight excluding hydrogens is 560 g/mol. The lowest BCUT2D eigenvalue weighted by Crippen LogP contribution is -2.35. The summed E-state index contributed by atoms with van der Waals surface area (Å²) in [6.45, 7) is -0.890. The van der Waals surface area contributed by atoms with E-state index >= 15 is 0 Å². The average molecular weight is 584 g/mol. The first-order chi connectivity index (χ1) is 19.5. The number of benzene rings is 3. The molecule has 0 saturated heterocycles. The van der Waals surface area contributed by atoms with E-state index in [1.807, 2.05) is 42.5 Å². The van der Waals surface area contributed by atoms with Crippen molar-refractivity contribution in [2.75, 3.05) is 6.54 Å². The Hall–Kier alpha value is -4.61. The van der Waals surface area contributed by atoms with Crippen molar-refractivity contribution in [1.82, 2.24) is 14.7 Å². The topological polar surface area (TPSA) is 133 Å². The largest absolute Gasteiger partial charge is 0.479 e. The Balaban J connectivity index is 1.63. The number of aromatic nitrogens is 2. The Bertz CT molecular complexity index is 1580. The highest BCUT2D eigenvalue weighted by molar-refractivity contribution is 6.30. The maximum Gasteiger partial charge on any atom is 0.354 e. The molecule has 1 atom stereocenters. The first-order valence-electron chi connectivity index (χ1n) is 12.3. The number of carboxylic acids is 2. The summed E-state index contributed by atoms with van der Waals surface area (Å²) in [7, 11) is 0. The molecule has 1 amide bonds. The van der Waals surface area contributed by atoms with Crippen LogP contribution in [0.4, 0.5) is 8.78 Å². The highest BCUT2D eigenvalue weighted by Crippen LogP contribution is 2.24. The van der Waals surface area contributed by atoms with Gasteiger partial charge in [-0.25, -0.2) is 18.4 Å². The monoisotopic (exact) mass is 583 g/mol. The smallest absolute Gasteiger partial charge is 0.354 e. The molecule has 0 unspecified atom stereocenters. The number of aliphatic carboxylic acids is 1. The summed E-state index contributed by atoms with van der Waals surface area (Å²) >= 11 is 5.74. The molecule has 41 heavy (non-hydrogen) atoms. The molecule has 0 radical (unpaired) electrons. The molecule has 1 heterocycles. The fraction of sp³-hybridized carbons (Fsp3) is 0.172. The molecule has 1 aromatic heterocycles. The number of carboxylic acid groups (broad SMARTS) is 2. The van der Waals surface area contributed by atoms with Crippen molar-refractivity contribution in [2.24, 2.45) is 0 Å². The van der Waals surface area contributed by atoms with Gasteiger partial charge in [-0.15, -0.1) is 0 Å². The molecule has 3 N–H and O–H groups in total. The Morgan fingerprint density at radius 3 is 2.24 bits per heavy atom. The predicted molar refractivity (Wildman–Crippen MR) is 145 cm³/mol. The van der Waals surface area contributed by atoms with Crippen molar-refractivity contribution in [2.45, 2.75) is 25.6 Å². The zero-order valence-electron chi connectivity index (χ0n) is 21.4. The van der Waals surface area contributed by atoms with Gasteiger partial charge in [-0.05, 0) is 28.8 Å². The van der Waals surface area contributed by atoms with Gasteiger partial charge in [-0.3, -0.25) is 9.48 Å². The zero-order valence-corrected chi connectivity index (χ0v) is 22.1. The Morgan fingerprint density at radius 2 is 1.61 bits per heavy atom. The van der Waals surface area contributed by atoms with Crippen molar-refractivity contribution in [3.63, 3.8) is 0 Å². The number of nitrogens with zero attached hydrogens (tertiary/aromatic N) is 3. The van der Waals surface area contributed by atoms with E-state index in [1.165, 1.54) is 4.90 Å². The van der Waals surface area contributed by atoms with Crippen LogP contribution in [0, 0.1) is 11.6 Å². The highest BCUT2D eigenvalue weighted by Gasteiger charge is 2.26. The number of rotatable bonds is 11. The zero-order chi connectivity index (χ0) is 29.7. The van der Waals surface area contributed by atoms with E-state index in [0.29, 0.717) is 5.56 Å². The van der Waals surface area contributed by atoms with Gasteiger partial charge in [0.2, 0.25) is 0 Å². The van der Waals surface area contributed by atoms with Crippen LogP contribution < -0.4 is 0 Å². The summed E-state index contributed by atoms with van der Waals surface area (Å²) in [5, 5.41) is 32.2. The Kier molecular flexibility index (Phi) is 9.10. The lowest BCUT2D eigenvalue weighted by atomic mass is 10.0. The number of aliphatic hydroxyl groups is 1. The number of hydrogen-bond donors (Lipinski definition) is 3. The maximum absolute atomic E-state index is 14.5. The average Bonchev–Trinajstić information content (AvgIpc) is 3.40. The van der Waals surface area contributed by atoms with Gasteiger partial charge < -0.3 is 20.2 Å². The van der Waals surface area contributed by atoms with Crippen molar-refractivity contribution < 1.29 is 38.5 Å². The van der Waals surface area contributed by atoms with Crippen LogP contribution in [-0.4, -0.2) is 60.5 Å². The molecule has 0 aliphatic heterocycles. The molecule has 9 nitrogen and oxygen atoms in total. The lowest BCUT2D eigenvalue weighted by Gasteiger charge is -2.23. The van der Waals surface area contributed by atoms with E-state index in [1.54, 1.807) is 12.1 Å². The number of aliphatic hydroxyl groups excluding tert-OH is 1. The fourth-order valence-corrected chi connectivity index (χ4v) is 4.32. The maximum atomic E-state index is 14.5. The van der Waals surface area contributed by atoms with Crippen LogP contribution in [0.25, 0.3) is 11.1 Å². The third kappa shape index (κ3) is 6.94. The third-order valence-corrected chi connectivity index (χ3v) is 6.64. The molecule has 3 aromatic carbocycles. The Labute approximate surface area is 237 Å². The van der Waals surface area contributed by atoms with Gasteiger partial charge >= 0.3 is 11.9 Å². The summed E-state index contributed by atoms with van der Waals surface area (Å²) in [6.07, 6.45) is -2.05. The van der Waals surface area contributed by atoms with Gasteiger partial charge in [-0.1, -0.05) is 66.2 Å². The minimum absolute atomic E-state index is 0.0208. The van der Waals surface area contributed by atoms with Crippen LogP contribution in [0.1, 0.15) is 38.5 Å². The quantitative estimate of drug-likeness (QED) is 0.218. The number of amides is 1. The second-order valence-corrected chi connectivity index (χ2v) is 9.54. The van der Waals surface area contributed by atoms with Crippen molar-refractivity contribution in [1.29, 1.82) is 0 Å². The number of hydrogen-bond acceptors (Lipinski definition) is 5. The molecule has 0 bridgehead atoms. The lowest BCUT2D eigenvalue weighted by molar-refractivity contribution is -0.147. The van der Waals surface area contributed by atoms with Gasteiger partial charge in [0.25, 0.3) is 5.91 Å². The molecule has 0 spiro atoms. The SMILES string of the molecule is O=C(O)c1cc(C(=O)N(CC[C@@H](O)C(=O)O)Cc2ccc(-c3ccccc3)cc2)nn1Cc1c(F)ccc(Cl)c1F. The molecule has 4 rings (SSSR count). The van der Waals surface area contributed by atoms with E-state index < -0.39 is 53.4 Å². The molecule has 4 aromatic rings. The van der Waals surface area contributed by atoms with Crippen LogP contribution in [-0.2, 0) is 17.9 Å². The summed E-state index contributed by atoms with van der Waals surface area (Å²) in [4.78, 5) is 37.8. The standard InChI is InChI=1S/C29H24ClF2N3O6/c30-21-10-11-22(31)20(26(21)32)16-35-24(28(38)39)14-23(33-35)27(37)34(13-12-25(36)29(40)41)15-17-6-8-19(9-7-17)18-4-2-1-3-5-18/h1-11,14,25,36H,12-13,15-16H2,(H,38,39)(H,40,41)/t25-/m1/s1. The van der Waals surface area contributed by atoms with Crippen molar-refractivity contribution >= 4 is 29.4 Å². The van der Waals surface area contributed by atoms with E-state index in [0.717, 1.165) is 34.0 Å². The molecule has 0 saturated carbocycles. The van der Waals surface area contributed by atoms with Gasteiger partial charge in [0, 0.05) is 31.1 Å². The summed E-state index contributed by atoms with van der Waals surface area (Å²) < 4.78 is 29.6. The number of aromatic carboxylic acids is 1. The van der Waals surface area contributed by atoms with Gasteiger partial charge in [0.1, 0.15) is 17.3 Å². The minimum Gasteiger partial charge on any atom is -0.479 e. The molecule has 0 fully saturated rings. The molecule has 0 aliphatic carbocycles. The van der Waals surface area contributed by atoms with Gasteiger partial charge in [0.15, 0.2) is 11.8 Å². The minimum atomic E-state index is -1.74. The van der Waals surface area contributed by atoms with E-state index in [9.17, 15) is 33.4 Å². The van der Waals surface area contributed by atoms with E-state index in [2.05, 4.69) is 5.10 Å². The van der Waals surface area contributed by atoms with Crippen molar-refractivity contribution in [3.05, 3.63) is 112 Å². The number of carbonyl (C=O) groups is 3. The van der Waals surface area contributed by atoms with Crippen LogP contribution in [0.2, 0.25) is 5.02 Å². The molecule has 12 heteroatoms. The Morgan fingerprint density at radius 1 is 0.951 bits per heavy atom. The second-order valence-electron chi connectivity index (χ2n) is 9.13. The highest BCUT2D eigenvalue weighted by atomic mass is 35.5. The summed E-state index contributed by atoms with van der Waals surface area (Å²) in [6, 6.07) is 19.7. The summed E-state index contributed by atoms with van der Waals surface area (Å²) in [5.41, 5.74) is 1.18. The summed E-state index contributed by atoms with van der Waals surface area (Å²) in [5.74, 6) is -5.80. The van der Waals surface area contributed by atoms with Crippen LogP contribution >= 0.6 is 11.6 Å². The molecular formula is C29H24ClF2N3O6. The number of halogens is 3. The van der Waals surface area contributed by atoms with E-state index in [4.69, 9.17) is 16.7 Å². The van der Waals surface area contributed by atoms with Crippen LogP contribution in [0.15, 0.2) is 72.8 Å². The predicted octanol–water partition coefficient (Wildman–Crippen LogP) is 4.71. The van der Waals surface area contributed by atoms with Gasteiger partial charge in [-0.2, -0.15) is 5.10 Å². The third-order valence-electron chi connectivity index (χ3n) is 6.34. The van der Waals surface area contributed by atoms with E-state index in [-0.39, 0.29) is 30.2 Å². The van der Waals surface area contributed by atoms with Crippen LogP contribution in [0.3, 0.4) is 0 Å².